The fraction of sp³-hybridized carbons (Fsp3) is 0.0909. The molecule has 0 aliphatic rings. The maximum Gasteiger partial charge on any atom is 1.00 e. The van der Waals surface area contributed by atoms with Crippen molar-refractivity contribution < 1.29 is 51.9 Å². The Morgan fingerprint density at radius 2 is 1.66 bits per heavy atom. The normalized spacial score (nSPS) is 11.3. The first-order valence-corrected chi connectivity index (χ1v) is 9.08. The summed E-state index contributed by atoms with van der Waals surface area (Å²) in [5.74, 6) is -0.835. The van der Waals surface area contributed by atoms with Crippen LogP contribution in [0, 0.1) is 5.21 Å². The van der Waals surface area contributed by atoms with Crippen molar-refractivity contribution >= 4 is 22.4 Å². The maximum atomic E-state index is 13.2. The van der Waals surface area contributed by atoms with Gasteiger partial charge < -0.3 is 15.0 Å². The molecule has 32 heavy (non-hydrogen) atoms. The predicted molar refractivity (Wildman–Crippen MR) is 109 cm³/mol. The van der Waals surface area contributed by atoms with Crippen LogP contribution in [-0.2, 0) is 0 Å². The Morgan fingerprint density at radius 1 is 0.906 bits per heavy atom. The number of ether oxygens (including phenoxy) is 1. The molecule has 0 aliphatic heterocycles. The zero-order valence-electron chi connectivity index (χ0n) is 16.8. The van der Waals surface area contributed by atoms with Gasteiger partial charge in [0.05, 0.1) is 5.69 Å². The number of hydrogen-bond acceptors (Lipinski definition) is 5. The maximum absolute atomic E-state index is 13.2. The largest absolute Gasteiger partial charge is 1.00 e. The van der Waals surface area contributed by atoms with E-state index in [4.69, 9.17) is 0 Å². The average Bonchev–Trinajstić information content (AvgIpc) is 2.78. The second kappa shape index (κ2) is 9.83. The van der Waals surface area contributed by atoms with Crippen molar-refractivity contribution in [3.05, 3.63) is 84.2 Å². The molecule has 5 nitrogen and oxygen atoms in total. The smallest absolute Gasteiger partial charge is 0.752 e. The van der Waals surface area contributed by atoms with E-state index in [0.717, 1.165) is 28.5 Å². The molecule has 158 valence electrons. The van der Waals surface area contributed by atoms with E-state index in [9.17, 15) is 22.8 Å². The predicted octanol–water partition coefficient (Wildman–Crippen LogP) is 3.17. The van der Waals surface area contributed by atoms with Gasteiger partial charge in [0.25, 0.3) is 0 Å². The molecular weight excluding hydrogens is 437 g/mol. The van der Waals surface area contributed by atoms with Gasteiger partial charge in [-0.1, -0.05) is 42.5 Å². The average molecular weight is 451 g/mol. The molecule has 0 saturated carbocycles. The fourth-order valence-corrected chi connectivity index (χ4v) is 2.95. The molecule has 4 aromatic rings. The number of nitrogens with zero attached hydrogens (tertiary/aromatic N) is 3. The summed E-state index contributed by atoms with van der Waals surface area (Å²) >= 11 is 0. The van der Waals surface area contributed by atoms with Crippen LogP contribution in [0.2, 0.25) is 0 Å². The Hall–Kier alpha value is -2.72. The first-order chi connectivity index (χ1) is 14.8. The summed E-state index contributed by atoms with van der Waals surface area (Å²) < 4.78 is 55.1. The van der Waals surface area contributed by atoms with Gasteiger partial charge in [0, 0.05) is 23.5 Å². The molecule has 0 radical (unpaired) electrons. The molecule has 0 bridgehead atoms. The Bertz CT molecular complexity index is 1230. The Kier molecular flexibility index (Phi) is 7.35. The van der Waals surface area contributed by atoms with Gasteiger partial charge in [-0.15, -0.1) is 0 Å². The molecule has 0 fully saturated rings. The van der Waals surface area contributed by atoms with Crippen LogP contribution in [-0.4, -0.2) is 22.5 Å². The monoisotopic (exact) mass is 451 g/mol. The number of anilines is 2. The molecule has 4 rings (SSSR count). The van der Waals surface area contributed by atoms with Crippen LogP contribution >= 0.6 is 0 Å². The van der Waals surface area contributed by atoms with Crippen molar-refractivity contribution in [1.82, 2.24) is 9.97 Å². The van der Waals surface area contributed by atoms with Gasteiger partial charge in [0.15, 0.2) is 0 Å². The van der Waals surface area contributed by atoms with E-state index in [2.05, 4.69) is 14.7 Å². The second-order valence-electron chi connectivity index (χ2n) is 6.56. The molecule has 1 aromatic heterocycles. The first-order valence-electron chi connectivity index (χ1n) is 9.08. The molecule has 3 aromatic carbocycles. The minimum atomic E-state index is -4.68. The zero-order valence-corrected chi connectivity index (χ0v) is 18.8. The molecular formula is C22H14F4N3NaO2. The number of benzene rings is 3. The molecule has 0 atom stereocenters. The fourth-order valence-electron chi connectivity index (χ4n) is 2.95. The Labute approximate surface area is 202 Å². The van der Waals surface area contributed by atoms with Gasteiger partial charge in [-0.3, -0.25) is 0 Å². The van der Waals surface area contributed by atoms with Gasteiger partial charge in [-0.2, -0.15) is 17.6 Å². The van der Waals surface area contributed by atoms with Gasteiger partial charge in [0.2, 0.25) is 5.95 Å². The van der Waals surface area contributed by atoms with Crippen LogP contribution in [0.3, 0.4) is 0 Å². The Morgan fingerprint density at radius 3 is 2.41 bits per heavy atom. The van der Waals surface area contributed by atoms with E-state index in [-0.39, 0.29) is 41.2 Å². The van der Waals surface area contributed by atoms with E-state index in [1.165, 1.54) is 18.3 Å². The number of hydrogen-bond donors (Lipinski definition) is 0. The summed E-state index contributed by atoms with van der Waals surface area (Å²) in [7, 11) is 0. The van der Waals surface area contributed by atoms with Gasteiger partial charge in [0.1, 0.15) is 5.75 Å². The van der Waals surface area contributed by atoms with Crippen molar-refractivity contribution in [1.29, 1.82) is 0 Å². The van der Waals surface area contributed by atoms with E-state index >= 15 is 0 Å². The molecule has 0 saturated heterocycles. The molecule has 1 heterocycles. The minimum Gasteiger partial charge on any atom is -0.752 e. The van der Waals surface area contributed by atoms with E-state index in [0.29, 0.717) is 10.8 Å². The second-order valence-corrected chi connectivity index (χ2v) is 6.56. The summed E-state index contributed by atoms with van der Waals surface area (Å²) in [6, 6.07) is 19.5. The number of halogens is 4. The molecule has 0 amide bonds. The molecule has 0 spiro atoms. The SMILES string of the molecule is [Na+].[O-]N(c1cccc(OC(F)(F)C(F)F)c1)c1nccc(-c2ccc3ccccc3c2)n1. The van der Waals surface area contributed by atoms with Gasteiger partial charge in [-0.25, -0.2) is 9.97 Å². The van der Waals surface area contributed by atoms with Crippen LogP contribution in [0.25, 0.3) is 22.0 Å². The van der Waals surface area contributed by atoms with Crippen LogP contribution in [0.15, 0.2) is 79.0 Å². The van der Waals surface area contributed by atoms with Crippen molar-refractivity contribution in [3.8, 4) is 17.0 Å². The Balaban J connectivity index is 0.00000289. The van der Waals surface area contributed by atoms with Crippen LogP contribution in [0.1, 0.15) is 0 Å². The topological polar surface area (TPSA) is 61.3 Å². The van der Waals surface area contributed by atoms with Crippen LogP contribution in [0.4, 0.5) is 29.2 Å². The van der Waals surface area contributed by atoms with Crippen molar-refractivity contribution in [2.45, 2.75) is 12.5 Å². The standard InChI is InChI=1S/C22H14F4N3O2.Na/c23-20(24)22(25,26)31-18-7-3-6-17(13-18)29(30)21-27-11-10-19(28-21)16-9-8-14-4-1-2-5-15(14)12-16;/h1-13,20H;/q-1;+1. The van der Waals surface area contributed by atoms with E-state index < -0.39 is 18.3 Å². The molecule has 10 heteroatoms. The molecule has 0 N–H and O–H groups in total. The van der Waals surface area contributed by atoms with Crippen molar-refractivity contribution in [2.75, 3.05) is 5.06 Å². The summed E-state index contributed by atoms with van der Waals surface area (Å²) in [6.45, 7) is 0. The van der Waals surface area contributed by atoms with E-state index in [1.807, 2.05) is 42.5 Å². The van der Waals surface area contributed by atoms with Crippen molar-refractivity contribution in [2.24, 2.45) is 0 Å². The zero-order chi connectivity index (χ0) is 22.0. The summed E-state index contributed by atoms with van der Waals surface area (Å²) in [5.41, 5.74) is 1.08. The number of fused-ring (bicyclic) bond motifs is 1. The van der Waals surface area contributed by atoms with Crippen molar-refractivity contribution in [3.63, 3.8) is 0 Å². The summed E-state index contributed by atoms with van der Waals surface area (Å²) in [4.78, 5) is 8.18. The third kappa shape index (κ3) is 5.18. The number of alkyl halides is 4. The minimum absolute atomic E-state index is 0. The third-order valence-corrected chi connectivity index (χ3v) is 4.43. The first kappa shape index (κ1) is 23.9. The van der Waals surface area contributed by atoms with Gasteiger partial charge >= 0.3 is 42.1 Å². The van der Waals surface area contributed by atoms with E-state index in [1.54, 1.807) is 6.07 Å². The molecule has 0 unspecified atom stereocenters. The van der Waals surface area contributed by atoms with Crippen LogP contribution in [0.5, 0.6) is 5.75 Å². The number of rotatable bonds is 6. The number of aromatic nitrogens is 2. The third-order valence-electron chi connectivity index (χ3n) is 4.43. The summed E-state index contributed by atoms with van der Waals surface area (Å²) in [6.07, 6.45) is -7.30. The van der Waals surface area contributed by atoms with Gasteiger partial charge in [-0.05, 0) is 35.0 Å². The molecule has 0 aliphatic carbocycles. The van der Waals surface area contributed by atoms with Crippen LogP contribution < -0.4 is 39.4 Å². The quantitative estimate of drug-likeness (QED) is 0.256. The summed E-state index contributed by atoms with van der Waals surface area (Å²) in [5, 5.41) is 15.0.